The van der Waals surface area contributed by atoms with E-state index in [9.17, 15) is 22.4 Å². The van der Waals surface area contributed by atoms with Crippen LogP contribution in [0.1, 0.15) is 17.3 Å². The zero-order valence-corrected chi connectivity index (χ0v) is 9.18. The monoisotopic (exact) mass is 267 g/mol. The number of esters is 1. The first-order valence-corrected chi connectivity index (χ1v) is 4.77. The van der Waals surface area contributed by atoms with Crippen LogP contribution >= 0.6 is 0 Å². The van der Waals surface area contributed by atoms with Crippen LogP contribution in [0.2, 0.25) is 0 Å². The molecule has 18 heavy (non-hydrogen) atoms. The molecule has 100 valence electrons. The number of hydrogen-bond acceptors (Lipinski definition) is 4. The number of ether oxygens (including phenoxy) is 2. The molecule has 0 atom stereocenters. The van der Waals surface area contributed by atoms with Crippen LogP contribution in [0.25, 0.3) is 0 Å². The van der Waals surface area contributed by atoms with E-state index in [-0.39, 0.29) is 6.61 Å². The second-order valence-corrected chi connectivity index (χ2v) is 3.06. The molecule has 0 heterocycles. The quantitative estimate of drug-likeness (QED) is 0.516. The fourth-order valence-electron chi connectivity index (χ4n) is 1.20. The summed E-state index contributed by atoms with van der Waals surface area (Å²) < 4.78 is 59.0. The SMILES string of the molecule is CCOC(=O)c1c(N)c(F)cc(OC(F)F)c1F. The predicted octanol–water partition coefficient (Wildman–Crippen LogP) is 2.33. The number of hydrogen-bond donors (Lipinski definition) is 1. The van der Waals surface area contributed by atoms with Gasteiger partial charge in [-0.3, -0.25) is 0 Å². The van der Waals surface area contributed by atoms with Crippen molar-refractivity contribution in [2.24, 2.45) is 0 Å². The van der Waals surface area contributed by atoms with Crippen molar-refractivity contribution < 1.29 is 31.8 Å². The van der Waals surface area contributed by atoms with Gasteiger partial charge >= 0.3 is 12.6 Å². The number of halogens is 4. The van der Waals surface area contributed by atoms with E-state index in [1.165, 1.54) is 6.92 Å². The number of anilines is 1. The van der Waals surface area contributed by atoms with Crippen LogP contribution in [0.15, 0.2) is 6.07 Å². The molecule has 0 saturated heterocycles. The van der Waals surface area contributed by atoms with Crippen molar-refractivity contribution in [1.82, 2.24) is 0 Å². The molecule has 0 fully saturated rings. The van der Waals surface area contributed by atoms with Crippen LogP contribution in [0.5, 0.6) is 5.75 Å². The Morgan fingerprint density at radius 3 is 2.56 bits per heavy atom. The van der Waals surface area contributed by atoms with Crippen molar-refractivity contribution in [1.29, 1.82) is 0 Å². The summed E-state index contributed by atoms with van der Waals surface area (Å²) in [6.07, 6.45) is 0. The summed E-state index contributed by atoms with van der Waals surface area (Å²) in [6.45, 7) is -2.04. The molecule has 0 aliphatic carbocycles. The molecule has 0 unspecified atom stereocenters. The molecule has 1 rings (SSSR count). The molecule has 1 aromatic carbocycles. The average molecular weight is 267 g/mol. The summed E-state index contributed by atoms with van der Waals surface area (Å²) in [6, 6.07) is 0.333. The topological polar surface area (TPSA) is 61.5 Å². The van der Waals surface area contributed by atoms with Crippen molar-refractivity contribution in [3.63, 3.8) is 0 Å². The molecule has 8 heteroatoms. The first kappa shape index (κ1) is 14.1. The van der Waals surface area contributed by atoms with Gasteiger partial charge in [0, 0.05) is 6.07 Å². The maximum Gasteiger partial charge on any atom is 0.387 e. The highest BCUT2D eigenvalue weighted by Crippen LogP contribution is 2.30. The van der Waals surface area contributed by atoms with E-state index >= 15 is 0 Å². The summed E-state index contributed by atoms with van der Waals surface area (Å²) in [5.41, 5.74) is 3.36. The molecule has 2 N–H and O–H groups in total. The molecule has 0 aliphatic heterocycles. The number of nitrogen functional groups attached to an aromatic ring is 1. The van der Waals surface area contributed by atoms with Crippen molar-refractivity contribution >= 4 is 11.7 Å². The van der Waals surface area contributed by atoms with Crippen molar-refractivity contribution in [2.45, 2.75) is 13.5 Å². The number of alkyl halides is 2. The normalized spacial score (nSPS) is 10.6. The fourth-order valence-corrected chi connectivity index (χ4v) is 1.20. The van der Waals surface area contributed by atoms with Gasteiger partial charge in [0.15, 0.2) is 17.4 Å². The van der Waals surface area contributed by atoms with Gasteiger partial charge in [-0.05, 0) is 6.92 Å². The maximum atomic E-state index is 13.6. The lowest BCUT2D eigenvalue weighted by Crippen LogP contribution is -2.14. The minimum atomic E-state index is -3.36. The van der Waals surface area contributed by atoms with Crippen molar-refractivity contribution in [2.75, 3.05) is 12.3 Å². The van der Waals surface area contributed by atoms with Crippen LogP contribution in [-0.2, 0) is 4.74 Å². The Labute approximate surface area is 99.3 Å². The highest BCUT2D eigenvalue weighted by atomic mass is 19.3. The lowest BCUT2D eigenvalue weighted by atomic mass is 10.1. The molecule has 0 amide bonds. The smallest absolute Gasteiger partial charge is 0.387 e. The zero-order valence-electron chi connectivity index (χ0n) is 9.18. The Bertz CT molecular complexity index is 465. The Morgan fingerprint density at radius 2 is 2.06 bits per heavy atom. The second kappa shape index (κ2) is 5.56. The van der Waals surface area contributed by atoms with Crippen LogP contribution in [0, 0.1) is 11.6 Å². The molecule has 0 aliphatic rings. The third kappa shape index (κ3) is 2.82. The number of carbonyl (C=O) groups excluding carboxylic acids is 1. The third-order valence-corrected chi connectivity index (χ3v) is 1.92. The number of benzene rings is 1. The van der Waals surface area contributed by atoms with E-state index in [0.717, 1.165) is 0 Å². The molecule has 0 spiro atoms. The summed E-state index contributed by atoms with van der Waals surface area (Å²) in [5, 5.41) is 0. The van der Waals surface area contributed by atoms with Crippen molar-refractivity contribution in [3.8, 4) is 5.75 Å². The summed E-state index contributed by atoms with van der Waals surface area (Å²) in [5.74, 6) is -5.12. The van der Waals surface area contributed by atoms with E-state index in [0.29, 0.717) is 6.07 Å². The largest absolute Gasteiger partial charge is 0.462 e. The van der Waals surface area contributed by atoms with Crippen LogP contribution < -0.4 is 10.5 Å². The molecule has 0 bridgehead atoms. The van der Waals surface area contributed by atoms with Crippen LogP contribution in [-0.4, -0.2) is 19.2 Å². The molecular weight excluding hydrogens is 258 g/mol. The van der Waals surface area contributed by atoms with Gasteiger partial charge in [0.25, 0.3) is 0 Å². The van der Waals surface area contributed by atoms with Gasteiger partial charge in [-0.2, -0.15) is 8.78 Å². The number of rotatable bonds is 4. The third-order valence-electron chi connectivity index (χ3n) is 1.92. The van der Waals surface area contributed by atoms with E-state index in [2.05, 4.69) is 9.47 Å². The molecular formula is C10H9F4NO3. The molecule has 0 saturated carbocycles. The van der Waals surface area contributed by atoms with E-state index in [4.69, 9.17) is 5.73 Å². The van der Waals surface area contributed by atoms with Gasteiger partial charge in [0.2, 0.25) is 0 Å². The molecule has 0 radical (unpaired) electrons. The number of carbonyl (C=O) groups is 1. The fraction of sp³-hybridized carbons (Fsp3) is 0.300. The molecule has 1 aromatic rings. The predicted molar refractivity (Wildman–Crippen MR) is 53.4 cm³/mol. The highest BCUT2D eigenvalue weighted by molar-refractivity contribution is 5.96. The first-order chi connectivity index (χ1) is 8.38. The summed E-state index contributed by atoms with van der Waals surface area (Å²) >= 11 is 0. The van der Waals surface area contributed by atoms with Gasteiger partial charge in [-0.1, -0.05) is 0 Å². The van der Waals surface area contributed by atoms with Gasteiger partial charge in [0.1, 0.15) is 5.56 Å². The van der Waals surface area contributed by atoms with E-state index in [1.807, 2.05) is 0 Å². The van der Waals surface area contributed by atoms with Crippen LogP contribution in [0.3, 0.4) is 0 Å². The maximum absolute atomic E-state index is 13.6. The summed E-state index contributed by atoms with van der Waals surface area (Å²) in [7, 11) is 0. The van der Waals surface area contributed by atoms with Crippen LogP contribution in [0.4, 0.5) is 23.2 Å². The Morgan fingerprint density at radius 1 is 1.44 bits per heavy atom. The highest BCUT2D eigenvalue weighted by Gasteiger charge is 2.25. The van der Waals surface area contributed by atoms with E-state index in [1.54, 1.807) is 0 Å². The number of nitrogens with two attached hydrogens (primary N) is 1. The van der Waals surface area contributed by atoms with Crippen molar-refractivity contribution in [3.05, 3.63) is 23.3 Å². The minimum Gasteiger partial charge on any atom is -0.462 e. The average Bonchev–Trinajstić information content (AvgIpc) is 2.26. The molecule has 4 nitrogen and oxygen atoms in total. The summed E-state index contributed by atoms with van der Waals surface area (Å²) in [4.78, 5) is 11.3. The van der Waals surface area contributed by atoms with Gasteiger partial charge < -0.3 is 15.2 Å². The first-order valence-electron chi connectivity index (χ1n) is 4.77. The molecule has 0 aromatic heterocycles. The second-order valence-electron chi connectivity index (χ2n) is 3.06. The van der Waals surface area contributed by atoms with E-state index < -0.39 is 41.2 Å². The zero-order chi connectivity index (χ0) is 13.9. The van der Waals surface area contributed by atoms with Gasteiger partial charge in [-0.25, -0.2) is 13.6 Å². The Hall–Kier alpha value is -1.99. The lowest BCUT2D eigenvalue weighted by molar-refractivity contribution is -0.0524. The lowest BCUT2D eigenvalue weighted by Gasteiger charge is -2.11. The van der Waals surface area contributed by atoms with Gasteiger partial charge in [0.05, 0.1) is 12.3 Å². The Kier molecular flexibility index (Phi) is 4.35. The Balaban J connectivity index is 3.31. The standard InChI is InChI=1S/C10H9F4NO3/c1-2-17-9(16)6-7(12)5(18-10(13)14)3-4(11)8(6)15/h3,10H,2,15H2,1H3. The van der Waals surface area contributed by atoms with Gasteiger partial charge in [-0.15, -0.1) is 0 Å². The minimum absolute atomic E-state index is 0.112.